The van der Waals surface area contributed by atoms with E-state index in [-0.39, 0.29) is 18.1 Å². The van der Waals surface area contributed by atoms with Crippen molar-refractivity contribution in [2.75, 3.05) is 31.8 Å². The summed E-state index contributed by atoms with van der Waals surface area (Å²) in [5.74, 6) is 1.39. The molecule has 0 atom stereocenters. The highest BCUT2D eigenvalue weighted by Gasteiger charge is 2.13. The van der Waals surface area contributed by atoms with Crippen LogP contribution in [0.2, 0.25) is 0 Å². The highest BCUT2D eigenvalue weighted by Crippen LogP contribution is 2.31. The maximum Gasteiger partial charge on any atom is 0.165 e. The molecule has 0 fully saturated rings. The molecule has 0 radical (unpaired) electrons. The lowest BCUT2D eigenvalue weighted by Crippen LogP contribution is -2.18. The zero-order chi connectivity index (χ0) is 15.7. The molecule has 0 aromatic heterocycles. The molecule has 6 heteroatoms. The molecule has 0 saturated carbocycles. The van der Waals surface area contributed by atoms with E-state index in [9.17, 15) is 8.42 Å². The summed E-state index contributed by atoms with van der Waals surface area (Å²) in [5.41, 5.74) is 0.969. The number of hydrogen-bond donors (Lipinski definition) is 1. The van der Waals surface area contributed by atoms with Gasteiger partial charge in [0.15, 0.2) is 21.3 Å². The Morgan fingerprint density at radius 1 is 1.24 bits per heavy atom. The summed E-state index contributed by atoms with van der Waals surface area (Å²) in [7, 11) is -1.45. The molecule has 0 aliphatic carbocycles. The van der Waals surface area contributed by atoms with Crippen molar-refractivity contribution in [1.29, 1.82) is 0 Å². The molecule has 1 aromatic rings. The lowest BCUT2D eigenvalue weighted by atomic mass is 10.2. The number of para-hydroxylation sites is 1. The normalized spacial score (nSPS) is 11.4. The van der Waals surface area contributed by atoms with Crippen LogP contribution in [-0.2, 0) is 16.4 Å². The van der Waals surface area contributed by atoms with Crippen molar-refractivity contribution < 1.29 is 17.9 Å². The minimum absolute atomic E-state index is 0.0172. The molecular formula is C15H25NO4S. The SMILES string of the molecule is CCCNCc1cccc(OC)c1OCCS(=O)(=O)CC. The summed E-state index contributed by atoms with van der Waals surface area (Å²) in [6.45, 7) is 5.46. The van der Waals surface area contributed by atoms with Crippen molar-refractivity contribution in [3.63, 3.8) is 0 Å². The van der Waals surface area contributed by atoms with Crippen molar-refractivity contribution in [3.05, 3.63) is 23.8 Å². The fourth-order valence-corrected chi connectivity index (χ4v) is 2.47. The third-order valence-corrected chi connectivity index (χ3v) is 4.77. The van der Waals surface area contributed by atoms with E-state index in [1.807, 2.05) is 18.2 Å². The van der Waals surface area contributed by atoms with Crippen LogP contribution >= 0.6 is 0 Å². The second-order valence-electron chi connectivity index (χ2n) is 4.71. The van der Waals surface area contributed by atoms with E-state index in [2.05, 4.69) is 12.2 Å². The zero-order valence-electron chi connectivity index (χ0n) is 13.0. The quantitative estimate of drug-likeness (QED) is 0.669. The van der Waals surface area contributed by atoms with Gasteiger partial charge in [-0.25, -0.2) is 8.42 Å². The van der Waals surface area contributed by atoms with Crippen LogP contribution in [0.1, 0.15) is 25.8 Å². The largest absolute Gasteiger partial charge is 0.493 e. The number of rotatable bonds is 10. The Kier molecular flexibility index (Phi) is 7.53. The minimum Gasteiger partial charge on any atom is -0.493 e. The number of hydrogen-bond acceptors (Lipinski definition) is 5. The maximum absolute atomic E-state index is 11.5. The Balaban J connectivity index is 2.77. The van der Waals surface area contributed by atoms with E-state index in [4.69, 9.17) is 9.47 Å². The van der Waals surface area contributed by atoms with Gasteiger partial charge in [-0.15, -0.1) is 0 Å². The van der Waals surface area contributed by atoms with Gasteiger partial charge in [-0.3, -0.25) is 0 Å². The van der Waals surface area contributed by atoms with Gasteiger partial charge in [0.2, 0.25) is 0 Å². The lowest BCUT2D eigenvalue weighted by molar-refractivity contribution is 0.307. The van der Waals surface area contributed by atoms with Crippen LogP contribution in [0.5, 0.6) is 11.5 Å². The first-order valence-electron chi connectivity index (χ1n) is 7.23. The van der Waals surface area contributed by atoms with Gasteiger partial charge in [0, 0.05) is 17.9 Å². The van der Waals surface area contributed by atoms with Crippen molar-refractivity contribution in [3.8, 4) is 11.5 Å². The van der Waals surface area contributed by atoms with Gasteiger partial charge >= 0.3 is 0 Å². The predicted octanol–water partition coefficient (Wildman–Crippen LogP) is 2.01. The van der Waals surface area contributed by atoms with Gasteiger partial charge in [-0.2, -0.15) is 0 Å². The molecule has 0 unspecified atom stereocenters. The van der Waals surface area contributed by atoms with Crippen molar-refractivity contribution in [2.24, 2.45) is 0 Å². The van der Waals surface area contributed by atoms with E-state index in [0.717, 1.165) is 18.5 Å². The van der Waals surface area contributed by atoms with Crippen LogP contribution in [-0.4, -0.2) is 40.2 Å². The van der Waals surface area contributed by atoms with Gasteiger partial charge in [-0.05, 0) is 19.0 Å². The molecule has 0 aliphatic heterocycles. The van der Waals surface area contributed by atoms with Gasteiger partial charge in [0.1, 0.15) is 6.61 Å². The monoisotopic (exact) mass is 315 g/mol. The first kappa shape index (κ1) is 17.8. The standard InChI is InChI=1S/C15H25NO4S/c1-4-9-16-12-13-7-6-8-14(19-3)15(13)20-10-11-21(17,18)5-2/h6-8,16H,4-5,9-12H2,1-3H3. The average molecular weight is 315 g/mol. The number of ether oxygens (including phenoxy) is 2. The Bertz CT molecular complexity index is 528. The first-order chi connectivity index (χ1) is 10.0. The van der Waals surface area contributed by atoms with Crippen LogP contribution < -0.4 is 14.8 Å². The molecule has 5 nitrogen and oxygen atoms in total. The lowest BCUT2D eigenvalue weighted by Gasteiger charge is -2.15. The van der Waals surface area contributed by atoms with Crippen molar-refractivity contribution >= 4 is 9.84 Å². The van der Waals surface area contributed by atoms with Crippen LogP contribution in [0.4, 0.5) is 0 Å². The van der Waals surface area contributed by atoms with Crippen molar-refractivity contribution in [1.82, 2.24) is 5.32 Å². The summed E-state index contributed by atoms with van der Waals surface area (Å²) < 4.78 is 34.0. The Morgan fingerprint density at radius 2 is 2.00 bits per heavy atom. The average Bonchev–Trinajstić information content (AvgIpc) is 2.48. The smallest absolute Gasteiger partial charge is 0.165 e. The van der Waals surface area contributed by atoms with Crippen LogP contribution in [0.25, 0.3) is 0 Å². The minimum atomic E-state index is -3.02. The van der Waals surface area contributed by atoms with Gasteiger partial charge in [0.25, 0.3) is 0 Å². The summed E-state index contributed by atoms with van der Waals surface area (Å²) in [6, 6.07) is 5.67. The molecule has 0 bridgehead atoms. The summed E-state index contributed by atoms with van der Waals surface area (Å²) in [4.78, 5) is 0. The third-order valence-electron chi connectivity index (χ3n) is 3.10. The van der Waals surface area contributed by atoms with E-state index in [0.29, 0.717) is 18.0 Å². The third kappa shape index (κ3) is 5.93. The van der Waals surface area contributed by atoms with Crippen molar-refractivity contribution in [2.45, 2.75) is 26.8 Å². The maximum atomic E-state index is 11.5. The molecule has 1 N–H and O–H groups in total. The molecular weight excluding hydrogens is 290 g/mol. The topological polar surface area (TPSA) is 64.6 Å². The molecule has 0 saturated heterocycles. The number of benzene rings is 1. The highest BCUT2D eigenvalue weighted by molar-refractivity contribution is 7.91. The molecule has 21 heavy (non-hydrogen) atoms. The second kappa shape index (κ2) is 8.89. The molecule has 1 aromatic carbocycles. The number of sulfone groups is 1. The van der Waals surface area contributed by atoms with Crippen LogP contribution in [0, 0.1) is 0 Å². The molecule has 1 rings (SSSR count). The summed E-state index contributed by atoms with van der Waals surface area (Å²) in [6.07, 6.45) is 1.05. The Labute approximate surface area is 127 Å². The Morgan fingerprint density at radius 3 is 2.62 bits per heavy atom. The molecule has 0 aliphatic rings. The van der Waals surface area contributed by atoms with Crippen LogP contribution in [0.15, 0.2) is 18.2 Å². The van der Waals surface area contributed by atoms with Gasteiger partial charge in [0.05, 0.1) is 12.9 Å². The predicted molar refractivity (Wildman–Crippen MR) is 84.8 cm³/mol. The molecule has 0 amide bonds. The molecule has 120 valence electrons. The number of methoxy groups -OCH3 is 1. The number of nitrogens with one attached hydrogen (secondary N) is 1. The first-order valence-corrected chi connectivity index (χ1v) is 9.06. The Hall–Kier alpha value is -1.27. The summed E-state index contributed by atoms with van der Waals surface area (Å²) >= 11 is 0. The van der Waals surface area contributed by atoms with E-state index < -0.39 is 9.84 Å². The van der Waals surface area contributed by atoms with Gasteiger partial charge in [-0.1, -0.05) is 26.0 Å². The highest BCUT2D eigenvalue weighted by atomic mass is 32.2. The second-order valence-corrected chi connectivity index (χ2v) is 7.18. The van der Waals surface area contributed by atoms with E-state index >= 15 is 0 Å². The summed E-state index contributed by atoms with van der Waals surface area (Å²) in [5, 5.41) is 3.31. The zero-order valence-corrected chi connectivity index (χ0v) is 13.8. The van der Waals surface area contributed by atoms with E-state index in [1.165, 1.54) is 0 Å². The molecule has 0 spiro atoms. The van der Waals surface area contributed by atoms with E-state index in [1.54, 1.807) is 14.0 Å². The fraction of sp³-hybridized carbons (Fsp3) is 0.600. The van der Waals surface area contributed by atoms with Crippen LogP contribution in [0.3, 0.4) is 0 Å². The fourth-order valence-electron chi connectivity index (χ4n) is 1.84. The van der Waals surface area contributed by atoms with Gasteiger partial charge < -0.3 is 14.8 Å². The molecule has 0 heterocycles.